The first-order chi connectivity index (χ1) is 17.3. The molecule has 0 atom stereocenters. The van der Waals surface area contributed by atoms with Gasteiger partial charge in [-0.15, -0.1) is 11.3 Å². The molecule has 8 nitrogen and oxygen atoms in total. The number of carbonyl (C=O) groups is 2. The predicted octanol–water partition coefficient (Wildman–Crippen LogP) is 3.19. The summed E-state index contributed by atoms with van der Waals surface area (Å²) in [6.07, 6.45) is 0. The van der Waals surface area contributed by atoms with Crippen LogP contribution in [-0.2, 0) is 6.54 Å². The van der Waals surface area contributed by atoms with Gasteiger partial charge in [-0.25, -0.2) is 9.18 Å². The number of benzene rings is 2. The molecule has 1 saturated heterocycles. The number of rotatable bonds is 4. The molecule has 0 bridgehead atoms. The molecule has 0 spiro atoms. The highest BCUT2D eigenvalue weighted by atomic mass is 35.5. The molecule has 36 heavy (non-hydrogen) atoms. The Morgan fingerprint density at radius 2 is 1.69 bits per heavy atom. The van der Waals surface area contributed by atoms with E-state index in [1.54, 1.807) is 21.9 Å². The van der Waals surface area contributed by atoms with Gasteiger partial charge in [0.25, 0.3) is 17.4 Å². The molecular weight excluding hydrogens is 507 g/mol. The van der Waals surface area contributed by atoms with E-state index in [0.29, 0.717) is 41.6 Å². The number of aromatic amines is 1. The second kappa shape index (κ2) is 9.71. The Balaban J connectivity index is 1.37. The van der Waals surface area contributed by atoms with Crippen LogP contribution in [0.25, 0.3) is 10.9 Å². The van der Waals surface area contributed by atoms with Crippen LogP contribution in [0.15, 0.2) is 63.5 Å². The highest BCUT2D eigenvalue weighted by Crippen LogP contribution is 2.19. The highest BCUT2D eigenvalue weighted by molar-refractivity contribution is 7.12. The average Bonchev–Trinajstić information content (AvgIpc) is 3.42. The molecule has 2 aromatic carbocycles. The van der Waals surface area contributed by atoms with E-state index in [4.69, 9.17) is 11.6 Å². The Labute approximate surface area is 213 Å². The maximum Gasteiger partial charge on any atom is 0.329 e. The molecule has 0 radical (unpaired) electrons. The van der Waals surface area contributed by atoms with Crippen molar-refractivity contribution in [3.05, 3.63) is 102 Å². The fourth-order valence-electron chi connectivity index (χ4n) is 4.27. The number of thiophene rings is 1. The van der Waals surface area contributed by atoms with Gasteiger partial charge in [-0.05, 0) is 47.8 Å². The minimum Gasteiger partial charge on any atom is -0.335 e. The number of H-pyrrole nitrogens is 1. The summed E-state index contributed by atoms with van der Waals surface area (Å²) in [6.45, 7) is 1.32. The Kier molecular flexibility index (Phi) is 6.46. The number of halogens is 2. The molecule has 0 saturated carbocycles. The van der Waals surface area contributed by atoms with E-state index in [1.165, 1.54) is 46.2 Å². The summed E-state index contributed by atoms with van der Waals surface area (Å²) in [7, 11) is 0. The van der Waals surface area contributed by atoms with Crippen LogP contribution in [0.3, 0.4) is 0 Å². The van der Waals surface area contributed by atoms with E-state index in [9.17, 15) is 23.6 Å². The van der Waals surface area contributed by atoms with Crippen LogP contribution in [0.5, 0.6) is 0 Å². The third kappa shape index (κ3) is 4.57. The average molecular weight is 527 g/mol. The summed E-state index contributed by atoms with van der Waals surface area (Å²) in [5.41, 5.74) is -0.588. The van der Waals surface area contributed by atoms with Crippen LogP contribution < -0.4 is 11.2 Å². The highest BCUT2D eigenvalue weighted by Gasteiger charge is 2.26. The van der Waals surface area contributed by atoms with Gasteiger partial charge in [0.1, 0.15) is 5.82 Å². The lowest BCUT2D eigenvalue weighted by Crippen LogP contribution is -2.50. The second-order valence-electron chi connectivity index (χ2n) is 8.37. The molecule has 1 aliphatic rings. The zero-order chi connectivity index (χ0) is 25.4. The monoisotopic (exact) mass is 526 g/mol. The molecule has 184 valence electrons. The topological polar surface area (TPSA) is 95.5 Å². The quantitative estimate of drug-likeness (QED) is 0.442. The van der Waals surface area contributed by atoms with Crippen LogP contribution >= 0.6 is 22.9 Å². The van der Waals surface area contributed by atoms with Crippen molar-refractivity contribution in [3.8, 4) is 0 Å². The van der Waals surface area contributed by atoms with Crippen LogP contribution in [0.1, 0.15) is 25.6 Å². The van der Waals surface area contributed by atoms with Gasteiger partial charge in [0.05, 0.1) is 22.3 Å². The summed E-state index contributed by atoms with van der Waals surface area (Å²) in [5.74, 6) is -0.927. The second-order valence-corrected chi connectivity index (χ2v) is 9.76. The summed E-state index contributed by atoms with van der Waals surface area (Å²) in [4.78, 5) is 56.7. The standard InChI is InChI=1S/C25H20ClFN4O4S/c26-17-4-6-20-18(13-17)22(32)28-25(35)31(20)14-16-12-15(3-5-19(16)27)23(33)29-7-9-30(10-8-29)24(34)21-2-1-11-36-21/h1-6,11-13H,7-10,14H2,(H,28,32,35). The number of piperazine rings is 1. The van der Waals surface area contributed by atoms with Crippen molar-refractivity contribution >= 4 is 45.7 Å². The number of fused-ring (bicyclic) bond motifs is 1. The van der Waals surface area contributed by atoms with E-state index >= 15 is 0 Å². The number of hydrogen-bond acceptors (Lipinski definition) is 5. The molecule has 4 aromatic rings. The fourth-order valence-corrected chi connectivity index (χ4v) is 5.14. The SMILES string of the molecule is O=C(c1ccc(F)c(Cn2c(=O)[nH]c(=O)c3cc(Cl)ccc32)c1)N1CCN(C(=O)c2cccs2)CC1. The zero-order valence-electron chi connectivity index (χ0n) is 18.9. The van der Waals surface area contributed by atoms with Crippen molar-refractivity contribution < 1.29 is 14.0 Å². The molecule has 5 rings (SSSR count). The molecule has 2 aromatic heterocycles. The van der Waals surface area contributed by atoms with Crippen LogP contribution in [0.2, 0.25) is 5.02 Å². The Morgan fingerprint density at radius 1 is 0.972 bits per heavy atom. The number of amides is 2. The maximum atomic E-state index is 14.7. The van der Waals surface area contributed by atoms with E-state index < -0.39 is 17.1 Å². The summed E-state index contributed by atoms with van der Waals surface area (Å²) in [5, 5.41) is 2.37. The van der Waals surface area contributed by atoms with Gasteiger partial charge >= 0.3 is 5.69 Å². The minimum absolute atomic E-state index is 0.0546. The number of hydrogen-bond donors (Lipinski definition) is 1. The number of aromatic nitrogens is 2. The van der Waals surface area contributed by atoms with Crippen molar-refractivity contribution in [1.82, 2.24) is 19.4 Å². The van der Waals surface area contributed by atoms with E-state index in [-0.39, 0.29) is 34.9 Å². The van der Waals surface area contributed by atoms with Crippen LogP contribution in [-0.4, -0.2) is 57.3 Å². The molecular formula is C25H20ClFN4O4S. The minimum atomic E-state index is -0.697. The first-order valence-electron chi connectivity index (χ1n) is 11.1. The lowest BCUT2D eigenvalue weighted by molar-refractivity contribution is 0.0538. The largest absolute Gasteiger partial charge is 0.335 e. The van der Waals surface area contributed by atoms with Crippen molar-refractivity contribution in [2.24, 2.45) is 0 Å². The smallest absolute Gasteiger partial charge is 0.329 e. The van der Waals surface area contributed by atoms with Crippen molar-refractivity contribution in [2.45, 2.75) is 6.54 Å². The van der Waals surface area contributed by atoms with Crippen molar-refractivity contribution in [2.75, 3.05) is 26.2 Å². The van der Waals surface area contributed by atoms with E-state index in [1.807, 2.05) is 11.4 Å². The number of nitrogens with zero attached hydrogens (tertiary/aromatic N) is 3. The Morgan fingerprint density at radius 3 is 2.39 bits per heavy atom. The van der Waals surface area contributed by atoms with E-state index in [2.05, 4.69) is 4.98 Å². The first-order valence-corrected chi connectivity index (χ1v) is 12.4. The summed E-state index contributed by atoms with van der Waals surface area (Å²) < 4.78 is 16.0. The molecule has 0 aliphatic carbocycles. The molecule has 1 aliphatic heterocycles. The Hall–Kier alpha value is -3.76. The molecule has 1 fully saturated rings. The Bertz CT molecular complexity index is 1590. The third-order valence-corrected chi connectivity index (χ3v) is 7.26. The predicted molar refractivity (Wildman–Crippen MR) is 135 cm³/mol. The van der Waals surface area contributed by atoms with Gasteiger partial charge in [0, 0.05) is 42.3 Å². The van der Waals surface area contributed by atoms with Gasteiger partial charge in [0.2, 0.25) is 0 Å². The first kappa shape index (κ1) is 24.0. The van der Waals surface area contributed by atoms with Crippen molar-refractivity contribution in [3.63, 3.8) is 0 Å². The normalized spacial score (nSPS) is 13.8. The third-order valence-electron chi connectivity index (χ3n) is 6.17. The lowest BCUT2D eigenvalue weighted by Gasteiger charge is -2.34. The lowest BCUT2D eigenvalue weighted by atomic mass is 10.1. The van der Waals surface area contributed by atoms with Gasteiger partial charge in [0.15, 0.2) is 0 Å². The number of carbonyl (C=O) groups excluding carboxylic acids is 2. The van der Waals surface area contributed by atoms with Gasteiger partial charge in [-0.2, -0.15) is 0 Å². The van der Waals surface area contributed by atoms with Gasteiger partial charge in [-0.1, -0.05) is 17.7 Å². The molecule has 1 N–H and O–H groups in total. The van der Waals surface area contributed by atoms with Gasteiger partial charge in [-0.3, -0.25) is 23.9 Å². The molecule has 11 heteroatoms. The fraction of sp³-hybridized carbons (Fsp3) is 0.200. The number of nitrogens with one attached hydrogen (secondary N) is 1. The van der Waals surface area contributed by atoms with Crippen molar-refractivity contribution in [1.29, 1.82) is 0 Å². The van der Waals surface area contributed by atoms with Crippen LogP contribution in [0, 0.1) is 5.82 Å². The van der Waals surface area contributed by atoms with Gasteiger partial charge < -0.3 is 9.80 Å². The summed E-state index contributed by atoms with van der Waals surface area (Å²) >= 11 is 7.36. The zero-order valence-corrected chi connectivity index (χ0v) is 20.4. The van der Waals surface area contributed by atoms with Crippen LogP contribution in [0.4, 0.5) is 4.39 Å². The van der Waals surface area contributed by atoms with E-state index in [0.717, 1.165) is 0 Å². The maximum absolute atomic E-state index is 14.7. The molecule has 0 unspecified atom stereocenters. The molecule has 2 amide bonds. The summed E-state index contributed by atoms with van der Waals surface area (Å²) in [6, 6.07) is 12.1. The molecule has 3 heterocycles.